The van der Waals surface area contributed by atoms with Crippen molar-refractivity contribution in [3.63, 3.8) is 0 Å². The first-order valence-electron chi connectivity index (χ1n) is 15.6. The molecule has 2 aliphatic rings. The Bertz CT molecular complexity index is 1930. The molecule has 2 aromatic carbocycles. The zero-order valence-electron chi connectivity index (χ0n) is 26.5. The summed E-state index contributed by atoms with van der Waals surface area (Å²) in [4.78, 5) is 36.0. The van der Waals surface area contributed by atoms with Crippen molar-refractivity contribution in [2.75, 3.05) is 43.0 Å². The lowest BCUT2D eigenvalue weighted by Gasteiger charge is -2.31. The molecule has 0 atom stereocenters. The maximum Gasteiger partial charge on any atom is 0.418 e. The fraction of sp³-hybridized carbons (Fsp3) is 0.314. The standard InChI is InChI=1S/C35H35F3N8O2/c1-45-14-11-24(12-15-45)42-28-9-8-25(18-27(28)35(36,37)38)43-31(47)17-22-5-3-4-21(16-22)6-7-23-20-41-34(39)44-32(23)30-19-26-29(46(30)2)10-13-40-33(26)48/h3-5,8-9,16,18-20,24,42H,10-15,17H2,1-2H3,(H,40,48)(H,43,47)(H2,39,41,44). The Balaban J connectivity index is 1.17. The second-order valence-corrected chi connectivity index (χ2v) is 12.1. The Morgan fingerprint density at radius 3 is 2.65 bits per heavy atom. The number of anilines is 3. The van der Waals surface area contributed by atoms with E-state index in [2.05, 4.69) is 42.7 Å². The van der Waals surface area contributed by atoms with Crippen molar-refractivity contribution in [3.05, 3.63) is 88.2 Å². The molecule has 2 amide bonds. The molecule has 4 heterocycles. The molecular formula is C35H35F3N8O2. The number of likely N-dealkylation sites (tertiary alicyclic amines) is 1. The number of fused-ring (bicyclic) bond motifs is 1. The highest BCUT2D eigenvalue weighted by Gasteiger charge is 2.35. The Hall–Kier alpha value is -5.35. The Morgan fingerprint density at radius 1 is 1.10 bits per heavy atom. The molecule has 0 spiro atoms. The Labute approximate surface area is 275 Å². The van der Waals surface area contributed by atoms with Gasteiger partial charge >= 0.3 is 6.18 Å². The number of benzene rings is 2. The lowest BCUT2D eigenvalue weighted by molar-refractivity contribution is -0.137. The number of aromatic nitrogens is 3. The molecule has 48 heavy (non-hydrogen) atoms. The predicted octanol–water partition coefficient (Wildman–Crippen LogP) is 4.46. The number of hydrogen-bond acceptors (Lipinski definition) is 7. The molecule has 248 valence electrons. The van der Waals surface area contributed by atoms with Crippen molar-refractivity contribution in [3.8, 4) is 23.2 Å². The van der Waals surface area contributed by atoms with E-state index in [-0.39, 0.29) is 35.7 Å². The number of nitrogens with two attached hydrogens (primary N) is 1. The second-order valence-electron chi connectivity index (χ2n) is 12.1. The van der Waals surface area contributed by atoms with Crippen LogP contribution >= 0.6 is 0 Å². The average Bonchev–Trinajstić information content (AvgIpc) is 3.39. The number of nitrogens with zero attached hydrogens (tertiary/aromatic N) is 4. The van der Waals surface area contributed by atoms with Crippen LogP contribution in [0, 0.1) is 11.8 Å². The van der Waals surface area contributed by atoms with Gasteiger partial charge in [0.05, 0.1) is 28.8 Å². The molecule has 10 nitrogen and oxygen atoms in total. The molecule has 6 rings (SSSR count). The number of amides is 2. The van der Waals surface area contributed by atoms with Crippen LogP contribution in [-0.2, 0) is 30.9 Å². The molecular weight excluding hydrogens is 621 g/mol. The SMILES string of the molecule is CN1CCC(Nc2ccc(NC(=O)Cc3cccc(C#Cc4cnc(N)nc4-c4cc5c(n4C)CCNC5=O)c3)cc2C(F)(F)F)CC1. The van der Waals surface area contributed by atoms with Gasteiger partial charge in [0, 0.05) is 54.9 Å². The third-order valence-corrected chi connectivity index (χ3v) is 8.62. The molecule has 0 unspecified atom stereocenters. The van der Waals surface area contributed by atoms with E-state index < -0.39 is 17.6 Å². The number of hydrogen-bond donors (Lipinski definition) is 4. The molecule has 0 aliphatic carbocycles. The quantitative estimate of drug-likeness (QED) is 0.226. The minimum atomic E-state index is -4.59. The van der Waals surface area contributed by atoms with Crippen LogP contribution in [0.15, 0.2) is 54.7 Å². The monoisotopic (exact) mass is 656 g/mol. The molecule has 5 N–H and O–H groups in total. The zero-order valence-corrected chi connectivity index (χ0v) is 26.5. The maximum atomic E-state index is 14.0. The highest BCUT2D eigenvalue weighted by atomic mass is 19.4. The van der Waals surface area contributed by atoms with Gasteiger partial charge in [-0.05, 0) is 74.9 Å². The summed E-state index contributed by atoms with van der Waals surface area (Å²) in [6.07, 6.45) is -0.953. The smallest absolute Gasteiger partial charge is 0.382 e. The number of carbonyl (C=O) groups is 2. The van der Waals surface area contributed by atoms with Crippen LogP contribution in [-0.4, -0.2) is 64.0 Å². The van der Waals surface area contributed by atoms with Crippen LogP contribution in [0.3, 0.4) is 0 Å². The Kier molecular flexibility index (Phi) is 9.10. The molecule has 0 bridgehead atoms. The van der Waals surface area contributed by atoms with Gasteiger partial charge < -0.3 is 31.2 Å². The molecule has 2 aromatic heterocycles. The van der Waals surface area contributed by atoms with E-state index in [1.807, 2.05) is 18.7 Å². The van der Waals surface area contributed by atoms with Gasteiger partial charge in [0.2, 0.25) is 11.9 Å². The Morgan fingerprint density at radius 2 is 1.90 bits per heavy atom. The maximum absolute atomic E-state index is 14.0. The number of piperidine rings is 1. The van der Waals surface area contributed by atoms with Crippen molar-refractivity contribution in [1.29, 1.82) is 0 Å². The first-order valence-corrected chi connectivity index (χ1v) is 15.6. The van der Waals surface area contributed by atoms with E-state index in [4.69, 9.17) is 5.73 Å². The van der Waals surface area contributed by atoms with Crippen molar-refractivity contribution < 1.29 is 22.8 Å². The molecule has 13 heteroatoms. The fourth-order valence-corrected chi connectivity index (χ4v) is 6.09. The number of nitrogens with one attached hydrogen (secondary N) is 3. The van der Waals surface area contributed by atoms with Crippen molar-refractivity contribution >= 4 is 29.1 Å². The van der Waals surface area contributed by atoms with Gasteiger partial charge in [0.1, 0.15) is 5.69 Å². The highest BCUT2D eigenvalue weighted by molar-refractivity contribution is 5.98. The normalized spacial score (nSPS) is 15.2. The largest absolute Gasteiger partial charge is 0.418 e. The van der Waals surface area contributed by atoms with Gasteiger partial charge in [0.15, 0.2) is 0 Å². The second kappa shape index (κ2) is 13.4. The minimum absolute atomic E-state index is 0.00761. The number of halogens is 3. The highest BCUT2D eigenvalue weighted by Crippen LogP contribution is 2.37. The van der Waals surface area contributed by atoms with Crippen LogP contribution in [0.5, 0.6) is 0 Å². The third kappa shape index (κ3) is 7.29. The summed E-state index contributed by atoms with van der Waals surface area (Å²) in [5.74, 6) is 5.63. The van der Waals surface area contributed by atoms with Gasteiger partial charge in [0.25, 0.3) is 5.91 Å². The van der Waals surface area contributed by atoms with Crippen LogP contribution in [0.25, 0.3) is 11.4 Å². The van der Waals surface area contributed by atoms with E-state index in [1.54, 1.807) is 30.3 Å². The van der Waals surface area contributed by atoms with Gasteiger partial charge in [-0.2, -0.15) is 13.2 Å². The molecule has 1 saturated heterocycles. The summed E-state index contributed by atoms with van der Waals surface area (Å²) < 4.78 is 43.9. The molecule has 2 aliphatic heterocycles. The van der Waals surface area contributed by atoms with Crippen molar-refractivity contribution in [2.24, 2.45) is 7.05 Å². The number of carbonyl (C=O) groups excluding carboxylic acids is 2. The van der Waals surface area contributed by atoms with E-state index in [0.717, 1.165) is 37.7 Å². The topological polar surface area (TPSA) is 130 Å². The van der Waals surface area contributed by atoms with Gasteiger partial charge in [-0.25, -0.2) is 9.97 Å². The fourth-order valence-electron chi connectivity index (χ4n) is 6.09. The van der Waals surface area contributed by atoms with Crippen LogP contribution in [0.1, 0.15) is 51.1 Å². The third-order valence-electron chi connectivity index (χ3n) is 8.62. The van der Waals surface area contributed by atoms with E-state index in [9.17, 15) is 22.8 Å². The van der Waals surface area contributed by atoms with Gasteiger partial charge in [-0.3, -0.25) is 9.59 Å². The summed E-state index contributed by atoms with van der Waals surface area (Å²) >= 11 is 0. The summed E-state index contributed by atoms with van der Waals surface area (Å²) in [5.41, 5.74) is 9.55. The molecule has 0 radical (unpaired) electrons. The van der Waals surface area contributed by atoms with Crippen LogP contribution in [0.2, 0.25) is 0 Å². The zero-order chi connectivity index (χ0) is 34.0. The van der Waals surface area contributed by atoms with Crippen molar-refractivity contribution in [1.82, 2.24) is 24.8 Å². The predicted molar refractivity (Wildman–Crippen MR) is 177 cm³/mol. The van der Waals surface area contributed by atoms with Crippen molar-refractivity contribution in [2.45, 2.75) is 37.9 Å². The molecule has 1 fully saturated rings. The molecule has 4 aromatic rings. The first-order chi connectivity index (χ1) is 22.9. The van der Waals surface area contributed by atoms with E-state index in [0.29, 0.717) is 46.6 Å². The number of nitrogen functional groups attached to an aromatic ring is 1. The van der Waals surface area contributed by atoms with Gasteiger partial charge in [-0.1, -0.05) is 24.0 Å². The number of alkyl halides is 3. The average molecular weight is 657 g/mol. The minimum Gasteiger partial charge on any atom is -0.382 e. The van der Waals surface area contributed by atoms with E-state index >= 15 is 0 Å². The van der Waals surface area contributed by atoms with Crippen LogP contribution < -0.4 is 21.7 Å². The summed E-state index contributed by atoms with van der Waals surface area (Å²) in [7, 11) is 3.86. The summed E-state index contributed by atoms with van der Waals surface area (Å²) in [6, 6.07) is 12.6. The first kappa shape index (κ1) is 32.6. The summed E-state index contributed by atoms with van der Waals surface area (Å²) in [6.45, 7) is 2.17. The molecule has 0 saturated carbocycles. The lowest BCUT2D eigenvalue weighted by atomic mass is 10.0. The van der Waals surface area contributed by atoms with E-state index in [1.165, 1.54) is 18.3 Å². The number of rotatable bonds is 6. The van der Waals surface area contributed by atoms with Crippen LogP contribution in [0.4, 0.5) is 30.5 Å². The summed E-state index contributed by atoms with van der Waals surface area (Å²) in [5, 5.41) is 8.51. The lowest BCUT2D eigenvalue weighted by Crippen LogP contribution is -2.37. The van der Waals surface area contributed by atoms with Gasteiger partial charge in [-0.15, -0.1) is 0 Å².